The van der Waals surface area contributed by atoms with Gasteiger partial charge in [-0.15, -0.1) is 0 Å². The molecule has 1 saturated heterocycles. The summed E-state index contributed by atoms with van der Waals surface area (Å²) in [6.07, 6.45) is -1.31. The van der Waals surface area contributed by atoms with Crippen LogP contribution in [0.4, 0.5) is 19.1 Å². The van der Waals surface area contributed by atoms with E-state index in [1.807, 2.05) is 14.8 Å². The maximum absolute atomic E-state index is 13.2. The topological polar surface area (TPSA) is 75.2 Å². The van der Waals surface area contributed by atoms with Crippen molar-refractivity contribution in [3.05, 3.63) is 11.8 Å². The van der Waals surface area contributed by atoms with Crippen LogP contribution >= 0.6 is 0 Å². The van der Waals surface area contributed by atoms with Crippen LogP contribution in [0.3, 0.4) is 0 Å². The van der Waals surface area contributed by atoms with Crippen LogP contribution in [0.25, 0.3) is 0 Å². The number of halogens is 3. The summed E-state index contributed by atoms with van der Waals surface area (Å²) in [6, 6.07) is -0.0576. The van der Waals surface area contributed by atoms with Crippen LogP contribution in [0, 0.1) is 0 Å². The van der Waals surface area contributed by atoms with Gasteiger partial charge in [0.05, 0.1) is 0 Å². The van der Waals surface area contributed by atoms with Crippen molar-refractivity contribution in [2.24, 2.45) is 0 Å². The van der Waals surface area contributed by atoms with Crippen molar-refractivity contribution >= 4 is 38.1 Å². The Kier molecular flexibility index (Phi) is 5.94. The third-order valence-electron chi connectivity index (χ3n) is 4.06. The molecule has 6 nitrogen and oxygen atoms in total. The molecule has 11 heteroatoms. The number of anilines is 1. The summed E-state index contributed by atoms with van der Waals surface area (Å²) in [5, 5.41) is 3.07. The Hall–Kier alpha value is -0.621. The van der Waals surface area contributed by atoms with Crippen LogP contribution < -0.4 is 9.03 Å². The van der Waals surface area contributed by atoms with E-state index >= 15 is 0 Å². The summed E-state index contributed by atoms with van der Waals surface area (Å²) in [4.78, 5) is 13.7. The molecule has 1 aliphatic rings. The van der Waals surface area contributed by atoms with Gasteiger partial charge in [0, 0.05) is 0 Å². The molecular formula is C14H23F3N4O2SSn. The van der Waals surface area contributed by atoms with Crippen molar-refractivity contribution in [1.82, 2.24) is 14.3 Å². The molecule has 0 aliphatic carbocycles. The molecule has 0 radical (unpaired) electrons. The summed E-state index contributed by atoms with van der Waals surface area (Å²) in [5.74, 6) is 0.187. The van der Waals surface area contributed by atoms with E-state index in [0.717, 1.165) is 6.20 Å². The van der Waals surface area contributed by atoms with Crippen molar-refractivity contribution in [3.63, 3.8) is 0 Å². The fourth-order valence-electron chi connectivity index (χ4n) is 2.74. The predicted molar refractivity (Wildman–Crippen MR) is 93.1 cm³/mol. The molecule has 1 aromatic rings. The van der Waals surface area contributed by atoms with Crippen LogP contribution in [-0.2, 0) is 16.2 Å². The number of nitrogens with one attached hydrogen (secondary N) is 1. The summed E-state index contributed by atoms with van der Waals surface area (Å²) < 4.78 is 64.2. The van der Waals surface area contributed by atoms with E-state index in [-0.39, 0.29) is 15.7 Å². The molecular weight excluding hydrogens is 464 g/mol. The molecule has 1 N–H and O–H groups in total. The fourth-order valence-corrected chi connectivity index (χ4v) is 7.77. The summed E-state index contributed by atoms with van der Waals surface area (Å²) in [6.45, 7) is 0.755. The van der Waals surface area contributed by atoms with Crippen molar-refractivity contribution in [2.75, 3.05) is 24.7 Å². The molecule has 0 amide bonds. The Morgan fingerprint density at radius 3 is 2.24 bits per heavy atom. The number of nitrogens with zero attached hydrogens (tertiary/aromatic N) is 3. The van der Waals surface area contributed by atoms with E-state index in [9.17, 15) is 21.6 Å². The molecule has 1 fully saturated rings. The van der Waals surface area contributed by atoms with Gasteiger partial charge in [-0.3, -0.25) is 0 Å². The Bertz CT molecular complexity index is 727. The second-order valence-electron chi connectivity index (χ2n) is 7.28. The van der Waals surface area contributed by atoms with Gasteiger partial charge in [0.15, 0.2) is 0 Å². The monoisotopic (exact) mass is 488 g/mol. The molecule has 1 aliphatic heterocycles. The van der Waals surface area contributed by atoms with Gasteiger partial charge in [-0.1, -0.05) is 0 Å². The Labute approximate surface area is 150 Å². The van der Waals surface area contributed by atoms with Gasteiger partial charge >= 0.3 is 150 Å². The van der Waals surface area contributed by atoms with Crippen molar-refractivity contribution in [1.29, 1.82) is 0 Å². The standard InChI is InChI=1S/C11H14F3N4O2S.3CH3.Sn/c1-21(19,20)18-4-2-9(3-5-18)17-10-15-6-8(7-16-10)11(12,13)14;;;;/h6,9H,2-5H2,1H3,(H,15,16,17);3*1H3;. The first-order chi connectivity index (χ1) is 11.3. The number of sulfonamides is 1. The second kappa shape index (κ2) is 7.18. The minimum absolute atomic E-state index is 0.0576. The number of hydrogen-bond acceptors (Lipinski definition) is 5. The van der Waals surface area contributed by atoms with Crippen molar-refractivity contribution in [2.45, 2.75) is 39.9 Å². The van der Waals surface area contributed by atoms with E-state index in [1.165, 1.54) is 10.6 Å². The summed E-state index contributed by atoms with van der Waals surface area (Å²) >= 11 is -3.10. The number of alkyl halides is 3. The number of hydrogen-bond donors (Lipinski definition) is 1. The summed E-state index contributed by atoms with van der Waals surface area (Å²) in [7, 11) is -3.21. The molecule has 1 aromatic heterocycles. The Morgan fingerprint density at radius 1 is 1.24 bits per heavy atom. The van der Waals surface area contributed by atoms with E-state index in [1.54, 1.807) is 0 Å². The van der Waals surface area contributed by atoms with Gasteiger partial charge in [0.1, 0.15) is 0 Å². The zero-order valence-electron chi connectivity index (χ0n) is 14.7. The number of piperidine rings is 1. The van der Waals surface area contributed by atoms with E-state index in [2.05, 4.69) is 15.3 Å². The van der Waals surface area contributed by atoms with Crippen LogP contribution in [0.1, 0.15) is 18.4 Å². The van der Waals surface area contributed by atoms with E-state index in [0.29, 0.717) is 25.9 Å². The SMILES string of the molecule is CS(=O)(=O)N1CCC(Nc2ncc(C(F)(F)F)[c]([Sn]([CH3])([CH3])[CH3])n2)CC1. The molecule has 2 heterocycles. The van der Waals surface area contributed by atoms with Crippen LogP contribution in [0.15, 0.2) is 6.20 Å². The maximum atomic E-state index is 13.2. The first-order valence-corrected chi connectivity index (χ1v) is 19.8. The van der Waals surface area contributed by atoms with E-state index in [4.69, 9.17) is 0 Å². The van der Waals surface area contributed by atoms with Gasteiger partial charge in [0.25, 0.3) is 0 Å². The minimum atomic E-state index is -4.46. The van der Waals surface area contributed by atoms with Gasteiger partial charge in [0.2, 0.25) is 0 Å². The molecule has 0 atom stereocenters. The molecule has 142 valence electrons. The predicted octanol–water partition coefficient (Wildman–Crippen LogP) is 1.88. The molecule has 0 bridgehead atoms. The number of rotatable bonds is 4. The molecule has 25 heavy (non-hydrogen) atoms. The van der Waals surface area contributed by atoms with Crippen LogP contribution in [0.2, 0.25) is 14.8 Å². The third kappa shape index (κ3) is 5.43. The van der Waals surface area contributed by atoms with E-state index < -0.39 is 40.1 Å². The average molecular weight is 487 g/mol. The number of aromatic nitrogens is 2. The molecule has 0 spiro atoms. The van der Waals surface area contributed by atoms with Crippen LogP contribution in [0.5, 0.6) is 0 Å². The molecule has 0 aromatic carbocycles. The Balaban J connectivity index is 2.17. The average Bonchev–Trinajstić information content (AvgIpc) is 2.45. The zero-order chi connectivity index (χ0) is 19.0. The normalized spacial score (nSPS) is 18.4. The van der Waals surface area contributed by atoms with Gasteiger partial charge < -0.3 is 0 Å². The molecule has 2 rings (SSSR count). The van der Waals surface area contributed by atoms with Crippen molar-refractivity contribution in [3.8, 4) is 0 Å². The quantitative estimate of drug-likeness (QED) is 0.657. The first kappa shape index (κ1) is 20.7. The second-order valence-corrected chi connectivity index (χ2v) is 23.5. The van der Waals surface area contributed by atoms with Crippen LogP contribution in [-0.4, -0.2) is 66.5 Å². The first-order valence-electron chi connectivity index (χ1n) is 7.95. The molecule has 0 saturated carbocycles. The third-order valence-corrected chi connectivity index (χ3v) is 10.5. The zero-order valence-corrected chi connectivity index (χ0v) is 18.4. The van der Waals surface area contributed by atoms with Crippen molar-refractivity contribution < 1.29 is 21.6 Å². The fraction of sp³-hybridized carbons (Fsp3) is 0.714. The van der Waals surface area contributed by atoms with Gasteiger partial charge in [-0.2, -0.15) is 0 Å². The van der Waals surface area contributed by atoms with Gasteiger partial charge in [-0.05, 0) is 0 Å². The Morgan fingerprint density at radius 2 is 1.80 bits per heavy atom. The summed E-state index contributed by atoms with van der Waals surface area (Å²) in [5.41, 5.74) is -0.742. The molecule has 0 unspecified atom stereocenters. The van der Waals surface area contributed by atoms with Gasteiger partial charge in [-0.25, -0.2) is 0 Å².